The molecule has 0 saturated carbocycles. The summed E-state index contributed by atoms with van der Waals surface area (Å²) in [6.45, 7) is 1.11. The Bertz CT molecular complexity index is 425. The summed E-state index contributed by atoms with van der Waals surface area (Å²) in [4.78, 5) is 15.8. The predicted octanol–water partition coefficient (Wildman–Crippen LogP) is -0.110. The topological polar surface area (TPSA) is 89.3 Å². The first-order valence-electron chi connectivity index (χ1n) is 5.40. The number of methoxy groups -OCH3 is 1. The Morgan fingerprint density at radius 1 is 1.56 bits per heavy atom. The van der Waals surface area contributed by atoms with Crippen LogP contribution in [0.15, 0.2) is 18.2 Å². The van der Waals surface area contributed by atoms with Crippen molar-refractivity contribution in [2.24, 2.45) is 5.73 Å². The molecule has 1 rings (SSSR count). The van der Waals surface area contributed by atoms with Gasteiger partial charge in [-0.05, 0) is 12.1 Å². The monoisotopic (exact) mass is 268 g/mol. The highest BCUT2D eigenvalue weighted by molar-refractivity contribution is 7.80. The average Bonchev–Trinajstić information content (AvgIpc) is 2.37. The summed E-state index contributed by atoms with van der Waals surface area (Å²) in [5.41, 5.74) is 5.99. The van der Waals surface area contributed by atoms with E-state index in [4.69, 9.17) is 22.7 Å². The molecule has 98 valence electrons. The molecular formula is C11H16N4O2S. The highest BCUT2D eigenvalue weighted by Gasteiger charge is 2.03. The van der Waals surface area contributed by atoms with Crippen molar-refractivity contribution in [2.75, 3.05) is 32.1 Å². The van der Waals surface area contributed by atoms with E-state index in [1.54, 1.807) is 25.3 Å². The highest BCUT2D eigenvalue weighted by atomic mass is 32.1. The van der Waals surface area contributed by atoms with Gasteiger partial charge in [0.25, 0.3) is 0 Å². The molecule has 0 aliphatic carbocycles. The number of rotatable bonds is 7. The van der Waals surface area contributed by atoms with Gasteiger partial charge in [-0.15, -0.1) is 0 Å². The number of amides is 1. The van der Waals surface area contributed by atoms with Crippen LogP contribution in [0, 0.1) is 0 Å². The van der Waals surface area contributed by atoms with Crippen molar-refractivity contribution >= 4 is 28.9 Å². The molecule has 0 saturated heterocycles. The number of nitrogens with two attached hydrogens (primary N) is 1. The molecule has 0 bridgehead atoms. The maximum absolute atomic E-state index is 11.4. The molecule has 0 aliphatic rings. The van der Waals surface area contributed by atoms with E-state index >= 15 is 0 Å². The van der Waals surface area contributed by atoms with Crippen molar-refractivity contribution in [3.8, 4) is 0 Å². The number of carbonyl (C=O) groups excluding carboxylic acids is 1. The summed E-state index contributed by atoms with van der Waals surface area (Å²) in [6, 6.07) is 5.23. The Morgan fingerprint density at radius 2 is 2.33 bits per heavy atom. The lowest BCUT2D eigenvalue weighted by atomic mass is 10.3. The fraction of sp³-hybridized carbons (Fsp3) is 0.364. The molecule has 0 fully saturated rings. The van der Waals surface area contributed by atoms with E-state index in [2.05, 4.69) is 15.6 Å². The normalized spacial score (nSPS) is 9.83. The minimum atomic E-state index is -0.130. The first-order chi connectivity index (χ1) is 8.63. The lowest BCUT2D eigenvalue weighted by molar-refractivity contribution is -0.119. The fourth-order valence-electron chi connectivity index (χ4n) is 1.20. The number of carbonyl (C=O) groups is 1. The van der Waals surface area contributed by atoms with Gasteiger partial charge in [0.1, 0.15) is 10.8 Å². The second-order valence-corrected chi connectivity index (χ2v) is 3.91. The number of nitrogens with zero attached hydrogens (tertiary/aromatic N) is 1. The van der Waals surface area contributed by atoms with Crippen molar-refractivity contribution in [1.29, 1.82) is 0 Å². The van der Waals surface area contributed by atoms with Crippen LogP contribution in [0.25, 0.3) is 0 Å². The number of ether oxygens (including phenoxy) is 1. The molecule has 0 aliphatic heterocycles. The van der Waals surface area contributed by atoms with E-state index in [1.165, 1.54) is 0 Å². The van der Waals surface area contributed by atoms with Gasteiger partial charge in [-0.25, -0.2) is 4.98 Å². The highest BCUT2D eigenvalue weighted by Crippen LogP contribution is 2.04. The smallest absolute Gasteiger partial charge is 0.239 e. The van der Waals surface area contributed by atoms with E-state index in [9.17, 15) is 4.79 Å². The van der Waals surface area contributed by atoms with E-state index < -0.39 is 0 Å². The van der Waals surface area contributed by atoms with Crippen LogP contribution >= 0.6 is 12.2 Å². The molecule has 0 aromatic carbocycles. The van der Waals surface area contributed by atoms with E-state index in [0.717, 1.165) is 0 Å². The number of pyridine rings is 1. The van der Waals surface area contributed by atoms with Crippen LogP contribution in [0.2, 0.25) is 0 Å². The third-order valence-electron chi connectivity index (χ3n) is 2.06. The molecule has 18 heavy (non-hydrogen) atoms. The first-order valence-corrected chi connectivity index (χ1v) is 5.80. The number of nitrogens with one attached hydrogen (secondary N) is 2. The summed E-state index contributed by atoms with van der Waals surface area (Å²) >= 11 is 4.82. The van der Waals surface area contributed by atoms with Crippen molar-refractivity contribution in [1.82, 2.24) is 10.3 Å². The number of aromatic nitrogens is 1. The minimum Gasteiger partial charge on any atom is -0.388 e. The molecule has 7 heteroatoms. The Labute approximate surface area is 111 Å². The van der Waals surface area contributed by atoms with Crippen LogP contribution in [0.3, 0.4) is 0 Å². The largest absolute Gasteiger partial charge is 0.388 e. The third kappa shape index (κ3) is 5.07. The minimum absolute atomic E-state index is 0.130. The maximum Gasteiger partial charge on any atom is 0.239 e. The maximum atomic E-state index is 11.4. The van der Waals surface area contributed by atoms with Crippen molar-refractivity contribution in [3.63, 3.8) is 0 Å². The Hall–Kier alpha value is -1.73. The second-order valence-electron chi connectivity index (χ2n) is 3.47. The van der Waals surface area contributed by atoms with Crippen molar-refractivity contribution in [3.05, 3.63) is 23.9 Å². The molecule has 1 aromatic heterocycles. The number of thiocarbonyl (C=S) groups is 1. The fourth-order valence-corrected chi connectivity index (χ4v) is 1.31. The van der Waals surface area contributed by atoms with Gasteiger partial charge in [0.15, 0.2) is 0 Å². The summed E-state index contributed by atoms with van der Waals surface area (Å²) in [7, 11) is 1.58. The van der Waals surface area contributed by atoms with E-state index in [1.807, 2.05) is 0 Å². The van der Waals surface area contributed by atoms with Crippen LogP contribution < -0.4 is 16.4 Å². The van der Waals surface area contributed by atoms with Crippen LogP contribution in [-0.4, -0.2) is 42.7 Å². The summed E-state index contributed by atoms with van der Waals surface area (Å²) in [6.07, 6.45) is 0. The van der Waals surface area contributed by atoms with Gasteiger partial charge in [-0.2, -0.15) is 0 Å². The van der Waals surface area contributed by atoms with Gasteiger partial charge in [-0.1, -0.05) is 18.3 Å². The van der Waals surface area contributed by atoms with Crippen LogP contribution in [0.4, 0.5) is 5.82 Å². The zero-order valence-electron chi connectivity index (χ0n) is 10.1. The molecular weight excluding hydrogens is 252 g/mol. The Kier molecular flexibility index (Phi) is 6.03. The summed E-state index contributed by atoms with van der Waals surface area (Å²) in [5, 5.41) is 5.57. The number of hydrogen-bond donors (Lipinski definition) is 3. The molecule has 4 N–H and O–H groups in total. The van der Waals surface area contributed by atoms with Crippen LogP contribution in [0.5, 0.6) is 0 Å². The SMILES string of the molecule is COCCNC(=O)CNc1cccc(C(N)=S)n1. The quantitative estimate of drug-likeness (QED) is 0.472. The summed E-state index contributed by atoms with van der Waals surface area (Å²) < 4.78 is 4.82. The number of anilines is 1. The molecule has 0 atom stereocenters. The second kappa shape index (κ2) is 7.57. The lowest BCUT2D eigenvalue weighted by Crippen LogP contribution is -2.32. The Morgan fingerprint density at radius 3 is 3.00 bits per heavy atom. The van der Waals surface area contributed by atoms with Gasteiger partial charge in [-0.3, -0.25) is 4.79 Å². The number of hydrogen-bond acceptors (Lipinski definition) is 5. The van der Waals surface area contributed by atoms with E-state index in [0.29, 0.717) is 24.7 Å². The van der Waals surface area contributed by atoms with Gasteiger partial charge < -0.3 is 21.1 Å². The van der Waals surface area contributed by atoms with Crippen molar-refractivity contribution in [2.45, 2.75) is 0 Å². The molecule has 6 nitrogen and oxygen atoms in total. The standard InChI is InChI=1S/C11H16N4O2S/c1-17-6-5-13-10(16)7-14-9-4-2-3-8(15-9)11(12)18/h2-4H,5-7H2,1H3,(H2,12,18)(H,13,16)(H,14,15). The molecule has 0 unspecified atom stereocenters. The van der Waals surface area contributed by atoms with Gasteiger partial charge in [0.05, 0.1) is 18.8 Å². The van der Waals surface area contributed by atoms with Gasteiger partial charge in [0, 0.05) is 13.7 Å². The van der Waals surface area contributed by atoms with Crippen LogP contribution in [-0.2, 0) is 9.53 Å². The lowest BCUT2D eigenvalue weighted by Gasteiger charge is -2.07. The first kappa shape index (κ1) is 14.3. The molecule has 1 aromatic rings. The van der Waals surface area contributed by atoms with Crippen LogP contribution in [0.1, 0.15) is 5.69 Å². The average molecular weight is 268 g/mol. The molecule has 0 spiro atoms. The molecule has 1 heterocycles. The zero-order valence-corrected chi connectivity index (χ0v) is 10.9. The van der Waals surface area contributed by atoms with Crippen molar-refractivity contribution < 1.29 is 9.53 Å². The summed E-state index contributed by atoms with van der Waals surface area (Å²) in [5.74, 6) is 0.428. The Balaban J connectivity index is 2.41. The zero-order chi connectivity index (χ0) is 13.4. The third-order valence-corrected chi connectivity index (χ3v) is 2.27. The van der Waals surface area contributed by atoms with E-state index in [-0.39, 0.29) is 17.4 Å². The van der Waals surface area contributed by atoms with Gasteiger partial charge in [0.2, 0.25) is 5.91 Å². The predicted molar refractivity (Wildman–Crippen MR) is 73.5 cm³/mol. The molecule has 0 radical (unpaired) electrons. The molecule has 1 amide bonds. The van der Waals surface area contributed by atoms with Gasteiger partial charge >= 0.3 is 0 Å².